The zero-order chi connectivity index (χ0) is 17.1. The van der Waals surface area contributed by atoms with Gasteiger partial charge in [0.2, 0.25) is 5.95 Å². The normalized spacial score (nSPS) is 10.4. The number of nitro groups is 1. The van der Waals surface area contributed by atoms with Crippen LogP contribution in [0.3, 0.4) is 0 Å². The first-order valence-corrected chi connectivity index (χ1v) is 7.22. The minimum Gasteiger partial charge on any atom is -0.363 e. The number of rotatable bonds is 5. The van der Waals surface area contributed by atoms with Crippen molar-refractivity contribution in [1.29, 1.82) is 0 Å². The second kappa shape index (κ2) is 6.58. The van der Waals surface area contributed by atoms with Crippen LogP contribution < -0.4 is 10.6 Å². The van der Waals surface area contributed by atoms with Gasteiger partial charge in [-0.05, 0) is 22.0 Å². The fourth-order valence-electron chi connectivity index (χ4n) is 1.76. The number of nitro benzene ring substituents is 1. The summed E-state index contributed by atoms with van der Waals surface area (Å²) in [4.78, 5) is 18.4. The highest BCUT2D eigenvalue weighted by atomic mass is 79.9. The fraction of sp³-hybridized carbons (Fsp3) is 0. The third-order valence-electron chi connectivity index (χ3n) is 2.85. The van der Waals surface area contributed by atoms with Crippen molar-refractivity contribution in [2.75, 3.05) is 10.6 Å². The summed E-state index contributed by atoms with van der Waals surface area (Å²) < 4.78 is 19.0. The molecule has 3 aromatic rings. The average molecular weight is 395 g/mol. The van der Waals surface area contributed by atoms with Crippen LogP contribution in [0, 0.1) is 15.9 Å². The van der Waals surface area contributed by atoms with Crippen molar-refractivity contribution in [3.63, 3.8) is 0 Å². The molecule has 0 radical (unpaired) electrons. The Morgan fingerprint density at radius 1 is 1.29 bits per heavy atom. The lowest BCUT2D eigenvalue weighted by Gasteiger charge is -2.10. The highest BCUT2D eigenvalue weighted by Crippen LogP contribution is 2.28. The molecule has 0 atom stereocenters. The summed E-state index contributed by atoms with van der Waals surface area (Å²) in [7, 11) is 0. The highest BCUT2D eigenvalue weighted by molar-refractivity contribution is 9.10. The zero-order valence-electron chi connectivity index (χ0n) is 11.7. The number of nitrogens with zero attached hydrogens (tertiary/aromatic N) is 4. The molecule has 0 bridgehead atoms. The standard InChI is InChI=1S/C13H8BrFN6O3/c14-9-5-16-13(18-7-4-17-24-6-7)20-12(9)19-11-3-8(21(22)23)1-2-10(11)15/h1-6H,(H2,16,18,19,20). The van der Waals surface area contributed by atoms with E-state index in [0.29, 0.717) is 10.2 Å². The molecule has 2 aromatic heterocycles. The predicted octanol–water partition coefficient (Wildman–Crippen LogP) is 3.76. The van der Waals surface area contributed by atoms with Crippen LogP contribution in [-0.2, 0) is 0 Å². The van der Waals surface area contributed by atoms with Crippen molar-refractivity contribution in [2.24, 2.45) is 0 Å². The maximum atomic E-state index is 13.9. The van der Waals surface area contributed by atoms with Crippen molar-refractivity contribution >= 4 is 44.8 Å². The van der Waals surface area contributed by atoms with E-state index >= 15 is 0 Å². The van der Waals surface area contributed by atoms with Gasteiger partial charge in [0.05, 0.1) is 21.3 Å². The molecule has 9 nitrogen and oxygen atoms in total. The second-order valence-corrected chi connectivity index (χ2v) is 5.33. The molecule has 0 spiro atoms. The van der Waals surface area contributed by atoms with Gasteiger partial charge in [-0.2, -0.15) is 4.98 Å². The van der Waals surface area contributed by atoms with Crippen molar-refractivity contribution in [1.82, 2.24) is 15.1 Å². The number of aromatic nitrogens is 3. The third-order valence-corrected chi connectivity index (χ3v) is 3.43. The van der Waals surface area contributed by atoms with E-state index in [1.165, 1.54) is 18.7 Å². The topological polar surface area (TPSA) is 119 Å². The number of hydrogen-bond acceptors (Lipinski definition) is 8. The summed E-state index contributed by atoms with van der Waals surface area (Å²) in [5.74, 6) is -0.224. The SMILES string of the molecule is O=[N+]([O-])c1ccc(F)c(Nc2nc(Nc3cnoc3)ncc2Br)c1. The Morgan fingerprint density at radius 2 is 2.12 bits per heavy atom. The number of benzene rings is 1. The maximum absolute atomic E-state index is 13.9. The van der Waals surface area contributed by atoms with E-state index in [1.807, 2.05) is 0 Å². The first-order valence-electron chi connectivity index (χ1n) is 6.43. The van der Waals surface area contributed by atoms with Crippen LogP contribution in [-0.4, -0.2) is 20.0 Å². The van der Waals surface area contributed by atoms with E-state index in [-0.39, 0.29) is 23.1 Å². The van der Waals surface area contributed by atoms with Gasteiger partial charge in [0.25, 0.3) is 5.69 Å². The number of hydrogen-bond donors (Lipinski definition) is 2. The van der Waals surface area contributed by atoms with E-state index in [0.717, 1.165) is 18.2 Å². The smallest absolute Gasteiger partial charge is 0.271 e. The second-order valence-electron chi connectivity index (χ2n) is 4.47. The molecule has 3 rings (SSSR count). The highest BCUT2D eigenvalue weighted by Gasteiger charge is 2.13. The predicted molar refractivity (Wildman–Crippen MR) is 85.9 cm³/mol. The molecular weight excluding hydrogens is 387 g/mol. The summed E-state index contributed by atoms with van der Waals surface area (Å²) in [6, 6.07) is 3.16. The molecule has 0 fully saturated rings. The minimum absolute atomic E-state index is 0.0838. The molecule has 2 N–H and O–H groups in total. The van der Waals surface area contributed by atoms with Gasteiger partial charge in [0, 0.05) is 18.3 Å². The lowest BCUT2D eigenvalue weighted by molar-refractivity contribution is -0.384. The molecule has 122 valence electrons. The van der Waals surface area contributed by atoms with Gasteiger partial charge in [0.15, 0.2) is 0 Å². The van der Waals surface area contributed by atoms with Gasteiger partial charge < -0.3 is 15.2 Å². The number of anilines is 4. The Bertz CT molecular complexity index is 889. The molecule has 2 heterocycles. The van der Waals surface area contributed by atoms with Crippen LogP contribution in [0.5, 0.6) is 0 Å². The van der Waals surface area contributed by atoms with Gasteiger partial charge in [-0.3, -0.25) is 10.1 Å². The Morgan fingerprint density at radius 3 is 2.83 bits per heavy atom. The number of non-ortho nitro benzene ring substituents is 1. The van der Waals surface area contributed by atoms with Gasteiger partial charge in [-0.25, -0.2) is 9.37 Å². The Kier molecular flexibility index (Phi) is 4.33. The molecular formula is C13H8BrFN6O3. The quantitative estimate of drug-likeness (QED) is 0.495. The molecule has 0 unspecified atom stereocenters. The van der Waals surface area contributed by atoms with Gasteiger partial charge in [-0.1, -0.05) is 5.16 Å². The maximum Gasteiger partial charge on any atom is 0.271 e. The van der Waals surface area contributed by atoms with Crippen LogP contribution in [0.15, 0.2) is 45.9 Å². The largest absolute Gasteiger partial charge is 0.363 e. The van der Waals surface area contributed by atoms with Crippen LogP contribution in [0.1, 0.15) is 0 Å². The monoisotopic (exact) mass is 394 g/mol. The van der Waals surface area contributed by atoms with Gasteiger partial charge in [-0.15, -0.1) is 0 Å². The molecule has 0 aliphatic rings. The van der Waals surface area contributed by atoms with Crippen LogP contribution in [0.25, 0.3) is 0 Å². The van der Waals surface area contributed by atoms with Crippen LogP contribution in [0.4, 0.5) is 33.2 Å². The van der Waals surface area contributed by atoms with E-state index in [2.05, 4.69) is 46.2 Å². The Balaban J connectivity index is 1.89. The molecule has 0 aliphatic carbocycles. The van der Waals surface area contributed by atoms with Crippen LogP contribution in [0.2, 0.25) is 0 Å². The molecule has 24 heavy (non-hydrogen) atoms. The summed E-state index contributed by atoms with van der Waals surface area (Å²) >= 11 is 3.24. The number of nitrogens with one attached hydrogen (secondary N) is 2. The summed E-state index contributed by atoms with van der Waals surface area (Å²) in [6.45, 7) is 0. The van der Waals surface area contributed by atoms with E-state index < -0.39 is 10.7 Å². The molecule has 0 saturated heterocycles. The van der Waals surface area contributed by atoms with E-state index in [4.69, 9.17) is 0 Å². The molecule has 0 aliphatic heterocycles. The first-order chi connectivity index (χ1) is 11.5. The minimum atomic E-state index is -0.653. The molecule has 0 amide bonds. The van der Waals surface area contributed by atoms with Crippen molar-refractivity contribution in [2.45, 2.75) is 0 Å². The van der Waals surface area contributed by atoms with E-state index in [1.54, 1.807) is 0 Å². The third kappa shape index (κ3) is 3.46. The lowest BCUT2D eigenvalue weighted by Crippen LogP contribution is -2.02. The van der Waals surface area contributed by atoms with Gasteiger partial charge in [0.1, 0.15) is 23.6 Å². The lowest BCUT2D eigenvalue weighted by atomic mass is 10.2. The molecule has 0 saturated carbocycles. The Labute approximate surface area is 142 Å². The van der Waals surface area contributed by atoms with Crippen molar-refractivity contribution in [3.8, 4) is 0 Å². The van der Waals surface area contributed by atoms with Crippen molar-refractivity contribution < 1.29 is 13.8 Å². The van der Waals surface area contributed by atoms with Gasteiger partial charge >= 0.3 is 0 Å². The average Bonchev–Trinajstić information content (AvgIpc) is 3.05. The Hall–Kier alpha value is -3.08. The zero-order valence-corrected chi connectivity index (χ0v) is 13.3. The number of halogens is 2. The first kappa shape index (κ1) is 15.8. The summed E-state index contributed by atoms with van der Waals surface area (Å²) in [5, 5.41) is 19.9. The summed E-state index contributed by atoms with van der Waals surface area (Å²) in [6.07, 6.45) is 4.23. The van der Waals surface area contributed by atoms with Crippen molar-refractivity contribution in [3.05, 3.63) is 57.3 Å². The fourth-order valence-corrected chi connectivity index (χ4v) is 2.05. The molecule has 11 heteroatoms. The van der Waals surface area contributed by atoms with Crippen LogP contribution >= 0.6 is 15.9 Å². The summed E-state index contributed by atoms with van der Waals surface area (Å²) in [5.41, 5.74) is 0.205. The van der Waals surface area contributed by atoms with E-state index in [9.17, 15) is 14.5 Å². The molecule has 1 aromatic carbocycles.